The molecule has 0 spiro atoms. The van der Waals surface area contributed by atoms with Crippen LogP contribution in [0.2, 0.25) is 0 Å². The van der Waals surface area contributed by atoms with Gasteiger partial charge in [-0.2, -0.15) is 0 Å². The number of nitrogens with zero attached hydrogens (tertiary/aromatic N) is 1. The summed E-state index contributed by atoms with van der Waals surface area (Å²) in [5, 5.41) is 0. The van der Waals surface area contributed by atoms with Crippen LogP contribution in [0.3, 0.4) is 0 Å². The lowest BCUT2D eigenvalue weighted by molar-refractivity contribution is 0.0885. The van der Waals surface area contributed by atoms with Crippen LogP contribution < -0.4 is 10.5 Å². The lowest BCUT2D eigenvalue weighted by Crippen LogP contribution is -2.47. The van der Waals surface area contributed by atoms with Crippen LogP contribution in [0.1, 0.15) is 11.6 Å². The summed E-state index contributed by atoms with van der Waals surface area (Å²) in [5.74, 6) is 0.913. The number of rotatable bonds is 4. The van der Waals surface area contributed by atoms with E-state index in [1.165, 1.54) is 0 Å². The minimum atomic E-state index is 0.00167. The van der Waals surface area contributed by atoms with Crippen LogP contribution in [-0.2, 0) is 4.74 Å². The Bertz CT molecular complexity index is 370. The van der Waals surface area contributed by atoms with E-state index in [1.807, 2.05) is 24.3 Å². The first-order valence-corrected chi connectivity index (χ1v) is 5.90. The maximum atomic E-state index is 6.30. The van der Waals surface area contributed by atoms with Crippen molar-refractivity contribution in [3.05, 3.63) is 29.8 Å². The van der Waals surface area contributed by atoms with Crippen LogP contribution in [0.25, 0.3) is 0 Å². The molecule has 1 aliphatic rings. The number of methoxy groups -OCH3 is 1. The van der Waals surface area contributed by atoms with Crippen molar-refractivity contribution in [2.75, 3.05) is 33.9 Å². The zero-order valence-corrected chi connectivity index (χ0v) is 10.4. The average molecular weight is 236 g/mol. The Morgan fingerprint density at radius 1 is 1.47 bits per heavy atom. The van der Waals surface area contributed by atoms with Crippen molar-refractivity contribution >= 4 is 0 Å². The smallest absolute Gasteiger partial charge is 0.124 e. The van der Waals surface area contributed by atoms with E-state index in [0.29, 0.717) is 13.2 Å². The van der Waals surface area contributed by atoms with Crippen molar-refractivity contribution in [3.8, 4) is 5.75 Å². The molecule has 1 aromatic rings. The molecule has 94 valence electrons. The lowest BCUT2D eigenvalue weighted by Gasteiger charge is -2.36. The third kappa shape index (κ3) is 2.60. The van der Waals surface area contributed by atoms with Gasteiger partial charge in [0.25, 0.3) is 0 Å². The molecule has 1 heterocycles. The Balaban J connectivity index is 2.08. The normalized spacial score (nSPS) is 23.3. The third-order valence-electron chi connectivity index (χ3n) is 3.32. The molecule has 2 atom stereocenters. The molecule has 0 saturated heterocycles. The van der Waals surface area contributed by atoms with E-state index in [2.05, 4.69) is 11.9 Å². The van der Waals surface area contributed by atoms with Crippen LogP contribution >= 0.6 is 0 Å². The first kappa shape index (κ1) is 12.4. The molecule has 4 nitrogen and oxygen atoms in total. The van der Waals surface area contributed by atoms with E-state index in [-0.39, 0.29) is 12.1 Å². The largest absolute Gasteiger partial charge is 0.492 e. The highest BCUT2D eigenvalue weighted by molar-refractivity contribution is 5.38. The molecule has 17 heavy (non-hydrogen) atoms. The van der Waals surface area contributed by atoms with Gasteiger partial charge in [0.05, 0.1) is 18.7 Å². The molecule has 1 aromatic carbocycles. The summed E-state index contributed by atoms with van der Waals surface area (Å²) >= 11 is 0. The highest BCUT2D eigenvalue weighted by atomic mass is 16.5. The van der Waals surface area contributed by atoms with Crippen LogP contribution in [0.4, 0.5) is 0 Å². The number of benzene rings is 1. The van der Waals surface area contributed by atoms with Crippen LogP contribution in [0.5, 0.6) is 5.75 Å². The number of nitrogens with two attached hydrogens (primary N) is 1. The minimum Gasteiger partial charge on any atom is -0.492 e. The first-order chi connectivity index (χ1) is 8.24. The molecule has 1 aliphatic heterocycles. The third-order valence-corrected chi connectivity index (χ3v) is 3.32. The molecule has 2 unspecified atom stereocenters. The summed E-state index contributed by atoms with van der Waals surface area (Å²) in [6.07, 6.45) is 0. The van der Waals surface area contributed by atoms with Gasteiger partial charge in [-0.1, -0.05) is 18.2 Å². The highest BCUT2D eigenvalue weighted by Crippen LogP contribution is 2.31. The van der Waals surface area contributed by atoms with E-state index in [4.69, 9.17) is 15.2 Å². The number of para-hydroxylation sites is 1. The Morgan fingerprint density at radius 3 is 3.00 bits per heavy atom. The summed E-state index contributed by atoms with van der Waals surface area (Å²) < 4.78 is 10.8. The summed E-state index contributed by atoms with van der Waals surface area (Å²) in [6.45, 7) is 2.21. The summed E-state index contributed by atoms with van der Waals surface area (Å²) in [5.41, 5.74) is 7.39. The van der Waals surface area contributed by atoms with Gasteiger partial charge in [0.1, 0.15) is 12.4 Å². The van der Waals surface area contributed by atoms with Gasteiger partial charge >= 0.3 is 0 Å². The fourth-order valence-electron chi connectivity index (χ4n) is 2.18. The van der Waals surface area contributed by atoms with Crippen molar-refractivity contribution in [2.24, 2.45) is 5.73 Å². The Morgan fingerprint density at radius 2 is 2.24 bits per heavy atom. The van der Waals surface area contributed by atoms with Gasteiger partial charge in [-0.25, -0.2) is 0 Å². The molecule has 0 amide bonds. The van der Waals surface area contributed by atoms with E-state index in [0.717, 1.165) is 17.9 Å². The van der Waals surface area contributed by atoms with E-state index in [1.54, 1.807) is 7.11 Å². The Hall–Kier alpha value is -1.10. The summed E-state index contributed by atoms with van der Waals surface area (Å²) in [7, 11) is 3.77. The summed E-state index contributed by atoms with van der Waals surface area (Å²) in [6, 6.07) is 8.19. The topological polar surface area (TPSA) is 47.7 Å². The van der Waals surface area contributed by atoms with Crippen molar-refractivity contribution in [1.82, 2.24) is 4.90 Å². The molecular weight excluding hydrogens is 216 g/mol. The number of hydrogen-bond acceptors (Lipinski definition) is 4. The minimum absolute atomic E-state index is 0.00167. The monoisotopic (exact) mass is 236 g/mol. The van der Waals surface area contributed by atoms with Gasteiger partial charge in [0.2, 0.25) is 0 Å². The second kappa shape index (κ2) is 5.49. The fourth-order valence-corrected chi connectivity index (χ4v) is 2.18. The zero-order chi connectivity index (χ0) is 12.3. The number of likely N-dealkylation sites (N-methyl/N-ethyl adjacent to an activating group) is 1. The Labute approximate surface area is 102 Å². The second-order valence-electron chi connectivity index (χ2n) is 4.42. The average Bonchev–Trinajstić information content (AvgIpc) is 2.37. The molecule has 0 saturated carbocycles. The predicted molar refractivity (Wildman–Crippen MR) is 67.2 cm³/mol. The van der Waals surface area contributed by atoms with Crippen LogP contribution in [0, 0.1) is 0 Å². The number of fused-ring (bicyclic) bond motifs is 1. The number of hydrogen-bond donors (Lipinski definition) is 1. The van der Waals surface area contributed by atoms with E-state index in [9.17, 15) is 0 Å². The standard InChI is InChI=1S/C13H20N2O2/c1-15(7-8-16-2)11-9-17-12-6-4-3-5-10(12)13(11)14/h3-6,11,13H,7-9,14H2,1-2H3. The van der Waals surface area contributed by atoms with Crippen molar-refractivity contribution in [1.29, 1.82) is 0 Å². The van der Waals surface area contributed by atoms with E-state index < -0.39 is 0 Å². The quantitative estimate of drug-likeness (QED) is 0.848. The van der Waals surface area contributed by atoms with Gasteiger partial charge in [-0.05, 0) is 13.1 Å². The van der Waals surface area contributed by atoms with Gasteiger partial charge in [0, 0.05) is 19.2 Å². The van der Waals surface area contributed by atoms with Gasteiger partial charge < -0.3 is 15.2 Å². The molecule has 0 aliphatic carbocycles. The molecule has 4 heteroatoms. The van der Waals surface area contributed by atoms with Crippen LogP contribution in [-0.4, -0.2) is 44.9 Å². The van der Waals surface area contributed by atoms with Crippen molar-refractivity contribution in [3.63, 3.8) is 0 Å². The molecule has 2 rings (SSSR count). The Kier molecular flexibility index (Phi) is 3.99. The van der Waals surface area contributed by atoms with E-state index >= 15 is 0 Å². The predicted octanol–water partition coefficient (Wildman–Crippen LogP) is 1.03. The lowest BCUT2D eigenvalue weighted by atomic mass is 9.96. The summed E-state index contributed by atoms with van der Waals surface area (Å²) in [4.78, 5) is 2.20. The molecule has 0 fully saturated rings. The second-order valence-corrected chi connectivity index (χ2v) is 4.42. The molecular formula is C13H20N2O2. The van der Waals surface area contributed by atoms with Gasteiger partial charge in [-0.15, -0.1) is 0 Å². The van der Waals surface area contributed by atoms with Crippen LogP contribution in [0.15, 0.2) is 24.3 Å². The maximum absolute atomic E-state index is 6.30. The number of ether oxygens (including phenoxy) is 2. The van der Waals surface area contributed by atoms with Crippen molar-refractivity contribution in [2.45, 2.75) is 12.1 Å². The molecule has 0 radical (unpaired) electrons. The molecule has 0 bridgehead atoms. The van der Waals surface area contributed by atoms with Gasteiger partial charge in [0.15, 0.2) is 0 Å². The SMILES string of the molecule is COCCN(C)C1COc2ccccc2C1N. The first-order valence-electron chi connectivity index (χ1n) is 5.90. The molecule has 0 aromatic heterocycles. The highest BCUT2D eigenvalue weighted by Gasteiger charge is 2.30. The molecule has 2 N–H and O–H groups in total. The van der Waals surface area contributed by atoms with Gasteiger partial charge in [-0.3, -0.25) is 4.90 Å². The fraction of sp³-hybridized carbons (Fsp3) is 0.538. The maximum Gasteiger partial charge on any atom is 0.124 e. The van der Waals surface area contributed by atoms with Crippen molar-refractivity contribution < 1.29 is 9.47 Å². The zero-order valence-electron chi connectivity index (χ0n) is 10.4.